The molecule has 0 amide bonds. The van der Waals surface area contributed by atoms with E-state index in [2.05, 4.69) is 72.8 Å². The molecule has 0 aliphatic heterocycles. The number of para-hydroxylation sites is 1. The summed E-state index contributed by atoms with van der Waals surface area (Å²) in [5, 5.41) is 11.9. The summed E-state index contributed by atoms with van der Waals surface area (Å²) in [5.41, 5.74) is 15.9. The van der Waals surface area contributed by atoms with E-state index in [1.54, 1.807) is 6.07 Å². The summed E-state index contributed by atoms with van der Waals surface area (Å²) in [6.45, 7) is 8.45. The van der Waals surface area contributed by atoms with Crippen LogP contribution in [0.4, 0.5) is 0 Å². The first-order chi connectivity index (χ1) is 34.3. The molecule has 0 saturated carbocycles. The van der Waals surface area contributed by atoms with Crippen molar-refractivity contribution in [2.75, 3.05) is 0 Å². The van der Waals surface area contributed by atoms with Gasteiger partial charge in [0, 0.05) is 39.8 Å². The normalized spacial score (nSPS) is 12.9. The quantitative estimate of drug-likeness (QED) is 0.139. The van der Waals surface area contributed by atoms with Crippen LogP contribution in [0.15, 0.2) is 182 Å². The zero-order valence-corrected chi connectivity index (χ0v) is 41.2. The summed E-state index contributed by atoms with van der Waals surface area (Å²) in [7, 11) is 0. The van der Waals surface area contributed by atoms with E-state index in [4.69, 9.17) is 16.8 Å². The maximum Gasteiger partial charge on any atom is 0.148 e. The third kappa shape index (κ3) is 9.02. The Morgan fingerprint density at radius 1 is 0.544 bits per heavy atom. The van der Waals surface area contributed by atoms with Gasteiger partial charge in [0.15, 0.2) is 0 Å². The number of aromatic nitrogens is 3. The summed E-state index contributed by atoms with van der Waals surface area (Å²) in [6, 6.07) is 62.0. The van der Waals surface area contributed by atoms with Gasteiger partial charge < -0.3 is 5.11 Å². The first-order valence-corrected chi connectivity index (χ1v) is 22.7. The molecule has 2 aromatic heterocycles. The Kier molecular flexibility index (Phi) is 11.3. The Balaban J connectivity index is 0.00000656. The zero-order chi connectivity index (χ0) is 50.7. The number of phenols is 1. The minimum atomic E-state index is -2.59. The van der Waals surface area contributed by atoms with Gasteiger partial charge in [-0.3, -0.25) is 9.55 Å². The zero-order valence-electron chi connectivity index (χ0n) is 43.9. The van der Waals surface area contributed by atoms with Crippen molar-refractivity contribution >= 4 is 11.0 Å². The molecule has 0 fully saturated rings. The fraction of sp³-hybridized carbons (Fsp3) is 0.143. The third-order valence-corrected chi connectivity index (χ3v) is 12.7. The van der Waals surface area contributed by atoms with Gasteiger partial charge in [0.1, 0.15) is 11.6 Å². The number of hydrogen-bond donors (Lipinski definition) is 1. The van der Waals surface area contributed by atoms with Crippen LogP contribution >= 0.6 is 0 Å². The number of hydrogen-bond acceptors (Lipinski definition) is 3. The summed E-state index contributed by atoms with van der Waals surface area (Å²) < 4.78 is 46.8. The second-order valence-corrected chi connectivity index (χ2v) is 17.9. The van der Waals surface area contributed by atoms with Gasteiger partial charge in [-0.05, 0) is 130 Å². The minimum Gasteiger partial charge on any atom is -0.507 e. The molecule has 0 radical (unpaired) electrons. The number of benzene rings is 8. The molecular formula is C63H54N3OPt-. The van der Waals surface area contributed by atoms with Crippen molar-refractivity contribution in [3.8, 4) is 89.7 Å². The van der Waals surface area contributed by atoms with E-state index in [1.165, 1.54) is 0 Å². The van der Waals surface area contributed by atoms with Gasteiger partial charge in [-0.15, -0.1) is 23.8 Å². The van der Waals surface area contributed by atoms with Gasteiger partial charge >= 0.3 is 0 Å². The molecule has 0 bridgehead atoms. The number of pyridine rings is 1. The van der Waals surface area contributed by atoms with E-state index in [0.717, 1.165) is 78.0 Å². The Labute approximate surface area is 422 Å². The molecule has 10 aromatic rings. The number of imidazole rings is 1. The molecule has 0 aliphatic rings. The Hall–Kier alpha value is -7.13. The second kappa shape index (κ2) is 19.2. The summed E-state index contributed by atoms with van der Waals surface area (Å²) in [6.07, 6.45) is 1.83. The summed E-state index contributed by atoms with van der Waals surface area (Å²) in [4.78, 5) is 10.3. The third-order valence-electron chi connectivity index (χ3n) is 12.7. The monoisotopic (exact) mass is 1070 g/mol. The van der Waals surface area contributed by atoms with Crippen LogP contribution < -0.4 is 0 Å². The molecule has 338 valence electrons. The summed E-state index contributed by atoms with van der Waals surface area (Å²) in [5.74, 6) is -1.50. The number of phenolic OH excluding ortho intramolecular Hbond substituents is 1. The topological polar surface area (TPSA) is 50.9 Å². The average molecular weight is 1070 g/mol. The largest absolute Gasteiger partial charge is 0.507 e. The Morgan fingerprint density at radius 2 is 1.13 bits per heavy atom. The van der Waals surface area contributed by atoms with Crippen molar-refractivity contribution in [3.63, 3.8) is 0 Å². The molecule has 0 spiro atoms. The van der Waals surface area contributed by atoms with Gasteiger partial charge in [0.05, 0.1) is 22.3 Å². The van der Waals surface area contributed by atoms with E-state index in [9.17, 15) is 5.11 Å². The van der Waals surface area contributed by atoms with Crippen molar-refractivity contribution in [2.45, 2.75) is 60.2 Å². The molecule has 10 rings (SSSR count). The number of nitrogens with zero attached hydrogens (tertiary/aromatic N) is 3. The fourth-order valence-corrected chi connectivity index (χ4v) is 9.05. The average Bonchev–Trinajstić information content (AvgIpc) is 3.76. The SMILES string of the molecule is [2H]C([2H])([2H])c1cc(-c2cc(C([2H])(C)C)cc(C([2H])(C)C)c2)ccc1-n1c(-c2cc(C)cc(C)c2O)nc2c(-c3[c-]c(-c4cc(-c5ccc(-c6ccccc6)cc5)ccn4)cc(-c4ccccc4)c3)cccc21.[Pt]. The van der Waals surface area contributed by atoms with E-state index >= 15 is 0 Å². The molecule has 0 saturated heterocycles. The Morgan fingerprint density at radius 3 is 1.79 bits per heavy atom. The molecule has 1 N–H and O–H groups in total. The summed E-state index contributed by atoms with van der Waals surface area (Å²) >= 11 is 0. The van der Waals surface area contributed by atoms with Crippen LogP contribution in [0.2, 0.25) is 0 Å². The van der Waals surface area contributed by atoms with Gasteiger partial charge in [-0.2, -0.15) is 0 Å². The van der Waals surface area contributed by atoms with Crippen molar-refractivity contribution in [1.29, 1.82) is 0 Å². The number of aryl methyl sites for hydroxylation is 3. The van der Waals surface area contributed by atoms with E-state index in [0.29, 0.717) is 39.2 Å². The van der Waals surface area contributed by atoms with Crippen molar-refractivity contribution < 1.29 is 33.0 Å². The molecule has 2 heterocycles. The van der Waals surface area contributed by atoms with E-state index in [1.807, 2.05) is 155 Å². The predicted molar refractivity (Wildman–Crippen MR) is 280 cm³/mol. The maximum absolute atomic E-state index is 11.9. The second-order valence-electron chi connectivity index (χ2n) is 17.9. The van der Waals surface area contributed by atoms with E-state index in [-0.39, 0.29) is 32.4 Å². The van der Waals surface area contributed by atoms with Crippen LogP contribution in [-0.2, 0) is 21.1 Å². The van der Waals surface area contributed by atoms with Crippen LogP contribution in [0.1, 0.15) is 74.2 Å². The van der Waals surface area contributed by atoms with Crippen molar-refractivity contribution in [1.82, 2.24) is 14.5 Å². The van der Waals surface area contributed by atoms with E-state index < -0.39 is 18.6 Å². The molecule has 0 aliphatic carbocycles. The number of rotatable bonds is 10. The van der Waals surface area contributed by atoms with Crippen LogP contribution in [0.5, 0.6) is 5.75 Å². The first-order valence-electron chi connectivity index (χ1n) is 25.2. The van der Waals surface area contributed by atoms with Gasteiger partial charge in [0.25, 0.3) is 0 Å². The molecule has 68 heavy (non-hydrogen) atoms. The standard InChI is InChI=1S/C63H54N3O.Pt/c1-39(2)50-32-51(40(3)4)34-53(33-50)48-25-26-59(42(6)31-48)66-60-20-14-19-56(61(60)65-63(66)57-30-41(5)29-43(7)62(57)67)54-35-52(45-17-12-9-13-18-45)36-55(37-54)58-38-49(27-28-64-58)47-23-21-46(22-24-47)44-15-10-8-11-16-44;/h8-36,38-40,67H,1-7H3;/q-1;/i6D3,39D,40D;. The van der Waals surface area contributed by atoms with Gasteiger partial charge in [-0.25, -0.2) is 4.98 Å². The Bertz CT molecular complexity index is 3640. The number of aromatic hydroxyl groups is 1. The molecule has 4 nitrogen and oxygen atoms in total. The van der Waals surface area contributed by atoms with Crippen molar-refractivity contribution in [2.24, 2.45) is 0 Å². The first kappa shape index (κ1) is 40.0. The number of fused-ring (bicyclic) bond motifs is 1. The maximum atomic E-state index is 11.9. The minimum absolute atomic E-state index is 0. The predicted octanol–water partition coefficient (Wildman–Crippen LogP) is 16.8. The van der Waals surface area contributed by atoms with Gasteiger partial charge in [-0.1, -0.05) is 178 Å². The van der Waals surface area contributed by atoms with Crippen LogP contribution in [0, 0.1) is 26.8 Å². The van der Waals surface area contributed by atoms with Crippen molar-refractivity contribution in [3.05, 3.63) is 216 Å². The van der Waals surface area contributed by atoms with Crippen LogP contribution in [-0.4, -0.2) is 19.6 Å². The molecule has 0 atom stereocenters. The van der Waals surface area contributed by atoms with Crippen LogP contribution in [0.25, 0.3) is 95.0 Å². The fourth-order valence-electron chi connectivity index (χ4n) is 9.05. The molecular weight excluding hydrogens is 1010 g/mol. The smallest absolute Gasteiger partial charge is 0.148 e. The molecule has 8 aromatic carbocycles. The molecule has 5 heteroatoms. The molecule has 0 unspecified atom stereocenters. The van der Waals surface area contributed by atoms with Gasteiger partial charge in [0.2, 0.25) is 0 Å². The van der Waals surface area contributed by atoms with Crippen LogP contribution in [0.3, 0.4) is 0 Å².